The van der Waals surface area contributed by atoms with E-state index in [2.05, 4.69) is 0 Å². The van der Waals surface area contributed by atoms with E-state index in [-0.39, 0.29) is 24.5 Å². The summed E-state index contributed by atoms with van der Waals surface area (Å²) in [4.78, 5) is 27.8. The molecule has 0 unspecified atom stereocenters. The molecule has 3 rings (SSSR count). The van der Waals surface area contributed by atoms with E-state index < -0.39 is 17.6 Å². The molecule has 5 nitrogen and oxygen atoms in total. The van der Waals surface area contributed by atoms with Gasteiger partial charge < -0.3 is 14.9 Å². The van der Waals surface area contributed by atoms with E-state index in [1.54, 1.807) is 37.4 Å². The van der Waals surface area contributed by atoms with Crippen LogP contribution in [0.4, 0.5) is 4.39 Å². The second-order valence-electron chi connectivity index (χ2n) is 6.83. The lowest BCUT2D eigenvalue weighted by Gasteiger charge is -2.19. The first-order chi connectivity index (χ1) is 13.8. The molecule has 0 aliphatic carbocycles. The molecular weight excluding hydrogens is 418 g/mol. The summed E-state index contributed by atoms with van der Waals surface area (Å²) in [6.07, 6.45) is 0.460. The van der Waals surface area contributed by atoms with Crippen molar-refractivity contribution in [3.05, 3.63) is 80.8 Å². The molecule has 1 heterocycles. The van der Waals surface area contributed by atoms with Gasteiger partial charge in [0.15, 0.2) is 5.76 Å². The molecule has 29 heavy (non-hydrogen) atoms. The Morgan fingerprint density at radius 1 is 1.21 bits per heavy atom. The maximum atomic E-state index is 13.0. The highest BCUT2D eigenvalue weighted by Crippen LogP contribution is 2.24. The van der Waals surface area contributed by atoms with Crippen LogP contribution >= 0.6 is 23.2 Å². The second kappa shape index (κ2) is 8.84. The van der Waals surface area contributed by atoms with E-state index in [9.17, 15) is 19.1 Å². The summed E-state index contributed by atoms with van der Waals surface area (Å²) in [7, 11) is 1.56. The number of hydrogen-bond acceptors (Lipinski definition) is 3. The maximum Gasteiger partial charge on any atom is 0.289 e. The van der Waals surface area contributed by atoms with Gasteiger partial charge in [0.1, 0.15) is 5.82 Å². The first-order valence-electron chi connectivity index (χ1n) is 8.91. The molecule has 1 N–H and O–H groups in total. The maximum absolute atomic E-state index is 13.0. The van der Waals surface area contributed by atoms with Crippen molar-refractivity contribution in [3.8, 4) is 0 Å². The van der Waals surface area contributed by atoms with E-state index in [1.807, 2.05) is 0 Å². The zero-order valence-corrected chi connectivity index (χ0v) is 17.2. The number of rotatable bonds is 6. The third kappa shape index (κ3) is 4.89. The fourth-order valence-corrected chi connectivity index (χ4v) is 3.61. The molecule has 2 aromatic carbocycles. The van der Waals surface area contributed by atoms with Crippen molar-refractivity contribution >= 4 is 35.0 Å². The van der Waals surface area contributed by atoms with E-state index >= 15 is 0 Å². The van der Waals surface area contributed by atoms with E-state index in [0.29, 0.717) is 23.0 Å². The highest BCUT2D eigenvalue weighted by Gasteiger charge is 2.35. The number of benzene rings is 2. The third-order valence-electron chi connectivity index (χ3n) is 4.73. The smallest absolute Gasteiger partial charge is 0.289 e. The van der Waals surface area contributed by atoms with Gasteiger partial charge in [-0.25, -0.2) is 4.39 Å². The Kier molecular flexibility index (Phi) is 6.45. The molecule has 0 radical (unpaired) electrons. The summed E-state index contributed by atoms with van der Waals surface area (Å²) in [6, 6.07) is 10.9. The van der Waals surface area contributed by atoms with Crippen LogP contribution in [0.25, 0.3) is 0 Å². The third-order valence-corrected chi connectivity index (χ3v) is 5.32. The van der Waals surface area contributed by atoms with Crippen molar-refractivity contribution in [3.63, 3.8) is 0 Å². The molecule has 152 valence electrons. The van der Waals surface area contributed by atoms with Gasteiger partial charge in [-0.3, -0.25) is 9.59 Å². The van der Waals surface area contributed by atoms with Crippen LogP contribution < -0.4 is 0 Å². The quantitative estimate of drug-likeness (QED) is 0.744. The van der Waals surface area contributed by atoms with Gasteiger partial charge in [-0.15, -0.1) is 0 Å². The van der Waals surface area contributed by atoms with Crippen LogP contribution in [0.1, 0.15) is 11.1 Å². The molecule has 0 bridgehead atoms. The van der Waals surface area contributed by atoms with Crippen LogP contribution in [0, 0.1) is 5.82 Å². The van der Waals surface area contributed by atoms with Crippen molar-refractivity contribution in [2.24, 2.45) is 0 Å². The number of halogens is 3. The van der Waals surface area contributed by atoms with Crippen LogP contribution in [0.2, 0.25) is 10.0 Å². The van der Waals surface area contributed by atoms with Gasteiger partial charge in [-0.05, 0) is 41.8 Å². The minimum Gasteiger partial charge on any atom is -0.503 e. The minimum atomic E-state index is -0.589. The van der Waals surface area contributed by atoms with Gasteiger partial charge in [0.2, 0.25) is 0 Å². The molecule has 0 spiro atoms. The van der Waals surface area contributed by atoms with E-state index in [4.69, 9.17) is 23.2 Å². The molecule has 0 saturated carbocycles. The number of carbonyl (C=O) groups is 2. The summed E-state index contributed by atoms with van der Waals surface area (Å²) in [5, 5.41) is 11.2. The Bertz CT molecular complexity index is 976. The number of likely N-dealkylation sites (N-methyl/N-ethyl adjacent to an activating group) is 1. The van der Waals surface area contributed by atoms with Gasteiger partial charge in [-0.2, -0.15) is 0 Å². The Morgan fingerprint density at radius 2 is 1.90 bits per heavy atom. The molecular formula is C21H19Cl2FN2O3. The second-order valence-corrected chi connectivity index (χ2v) is 7.67. The fraction of sp³-hybridized carbons (Fsp3) is 0.238. The van der Waals surface area contributed by atoms with Crippen molar-refractivity contribution in [2.45, 2.75) is 13.0 Å². The highest BCUT2D eigenvalue weighted by molar-refractivity contribution is 6.35. The van der Waals surface area contributed by atoms with Crippen LogP contribution in [0.5, 0.6) is 0 Å². The van der Waals surface area contributed by atoms with E-state index in [0.717, 1.165) is 11.1 Å². The minimum absolute atomic E-state index is 0.0163. The average molecular weight is 437 g/mol. The summed E-state index contributed by atoms with van der Waals surface area (Å²) in [5.74, 6) is -1.94. The number of amides is 2. The van der Waals surface area contributed by atoms with Crippen LogP contribution in [0.3, 0.4) is 0 Å². The van der Waals surface area contributed by atoms with Crippen molar-refractivity contribution in [1.29, 1.82) is 0 Å². The lowest BCUT2D eigenvalue weighted by atomic mass is 10.1. The van der Waals surface area contributed by atoms with Crippen LogP contribution in [-0.4, -0.2) is 46.9 Å². The summed E-state index contributed by atoms with van der Waals surface area (Å²) in [6.45, 7) is 0.537. The van der Waals surface area contributed by atoms with E-state index in [1.165, 1.54) is 21.9 Å². The molecule has 2 amide bonds. The van der Waals surface area contributed by atoms with Crippen molar-refractivity contribution in [1.82, 2.24) is 9.80 Å². The first-order valence-corrected chi connectivity index (χ1v) is 9.67. The summed E-state index contributed by atoms with van der Waals surface area (Å²) < 4.78 is 13.0. The van der Waals surface area contributed by atoms with Gasteiger partial charge in [0.05, 0.1) is 12.1 Å². The first kappa shape index (κ1) is 21.1. The Morgan fingerprint density at radius 3 is 2.55 bits per heavy atom. The number of aliphatic hydroxyl groups excluding tert-OH is 1. The summed E-state index contributed by atoms with van der Waals surface area (Å²) >= 11 is 12.0. The molecule has 0 fully saturated rings. The largest absolute Gasteiger partial charge is 0.503 e. The topological polar surface area (TPSA) is 60.9 Å². The molecule has 0 aromatic heterocycles. The average Bonchev–Trinajstić information content (AvgIpc) is 2.97. The number of aliphatic hydroxyl groups is 1. The zero-order chi connectivity index (χ0) is 21.1. The lowest BCUT2D eigenvalue weighted by molar-refractivity contribution is -0.128. The van der Waals surface area contributed by atoms with Gasteiger partial charge in [-0.1, -0.05) is 41.4 Å². The molecule has 8 heteroatoms. The fourth-order valence-electron chi connectivity index (χ4n) is 3.11. The normalized spacial score (nSPS) is 13.9. The van der Waals surface area contributed by atoms with Gasteiger partial charge >= 0.3 is 0 Å². The van der Waals surface area contributed by atoms with Crippen LogP contribution in [-0.2, 0) is 22.6 Å². The number of carbonyl (C=O) groups excluding carboxylic acids is 2. The molecule has 0 atom stereocenters. The zero-order valence-electron chi connectivity index (χ0n) is 15.7. The Balaban J connectivity index is 1.63. The molecule has 1 aliphatic heterocycles. The molecule has 2 aromatic rings. The Labute approximate surface area is 177 Å². The SMILES string of the molecule is CN(Cc1ccc(F)cc1)C(=O)C1=C(O)C(=O)N(CCc2ccc(Cl)cc2Cl)C1. The standard InChI is InChI=1S/C21H19Cl2FN2O3/c1-25(11-13-2-6-16(24)7-3-13)20(28)17-12-26(21(29)19(17)27)9-8-14-4-5-15(22)10-18(14)23/h2-7,10,27H,8-9,11-12H2,1H3. The van der Waals surface area contributed by atoms with Crippen molar-refractivity contribution < 1.29 is 19.1 Å². The lowest BCUT2D eigenvalue weighted by Crippen LogP contribution is -2.32. The Hall–Kier alpha value is -2.57. The number of hydrogen-bond donors (Lipinski definition) is 1. The van der Waals surface area contributed by atoms with Gasteiger partial charge in [0.25, 0.3) is 11.8 Å². The predicted molar refractivity (Wildman–Crippen MR) is 109 cm³/mol. The highest BCUT2D eigenvalue weighted by atomic mass is 35.5. The van der Waals surface area contributed by atoms with Crippen molar-refractivity contribution in [2.75, 3.05) is 20.1 Å². The monoisotopic (exact) mass is 436 g/mol. The number of nitrogens with zero attached hydrogens (tertiary/aromatic N) is 2. The summed E-state index contributed by atoms with van der Waals surface area (Å²) in [5.41, 5.74) is 1.60. The van der Waals surface area contributed by atoms with Crippen LogP contribution in [0.15, 0.2) is 53.8 Å². The molecule has 1 aliphatic rings. The predicted octanol–water partition coefficient (Wildman–Crippen LogP) is 3.99. The van der Waals surface area contributed by atoms with Gasteiger partial charge in [0, 0.05) is 30.2 Å². The molecule has 0 saturated heterocycles.